The first-order valence-electron chi connectivity index (χ1n) is 6.80. The Morgan fingerprint density at radius 2 is 2.00 bits per heavy atom. The molecule has 3 heterocycles. The second-order valence-corrected chi connectivity index (χ2v) is 6.80. The SMILES string of the molecule is O=S(=O)(N1CCOCC1)N1CCC[C@H]1c1cnccn1. The lowest BCUT2D eigenvalue weighted by molar-refractivity contribution is 0.0698. The van der Waals surface area contributed by atoms with Gasteiger partial charge >= 0.3 is 0 Å². The summed E-state index contributed by atoms with van der Waals surface area (Å²) in [5.74, 6) is 0. The van der Waals surface area contributed by atoms with E-state index in [1.807, 2.05) is 0 Å². The van der Waals surface area contributed by atoms with E-state index in [0.717, 1.165) is 18.5 Å². The van der Waals surface area contributed by atoms with Crippen LogP contribution in [0.25, 0.3) is 0 Å². The zero-order valence-electron chi connectivity index (χ0n) is 11.2. The normalized spacial score (nSPS) is 25.9. The number of morpholine rings is 1. The summed E-state index contributed by atoms with van der Waals surface area (Å²) in [5, 5.41) is 0. The van der Waals surface area contributed by atoms with Gasteiger partial charge in [0.1, 0.15) is 0 Å². The molecule has 0 aromatic carbocycles. The molecule has 2 aliphatic rings. The second-order valence-electron chi connectivity index (χ2n) is 4.92. The molecule has 0 radical (unpaired) electrons. The Bertz CT molecular complexity index is 545. The molecule has 0 unspecified atom stereocenters. The molecule has 3 rings (SSSR count). The van der Waals surface area contributed by atoms with Crippen LogP contribution in [0.5, 0.6) is 0 Å². The molecule has 1 aromatic rings. The van der Waals surface area contributed by atoms with Crippen LogP contribution in [0.3, 0.4) is 0 Å². The van der Waals surface area contributed by atoms with Crippen molar-refractivity contribution in [2.75, 3.05) is 32.8 Å². The average Bonchev–Trinajstić information content (AvgIpc) is 2.99. The van der Waals surface area contributed by atoms with Gasteiger partial charge in [0.2, 0.25) is 0 Å². The largest absolute Gasteiger partial charge is 0.379 e. The molecule has 2 saturated heterocycles. The Labute approximate surface area is 118 Å². The van der Waals surface area contributed by atoms with Crippen molar-refractivity contribution in [3.05, 3.63) is 24.3 Å². The van der Waals surface area contributed by atoms with Gasteiger partial charge in [0.15, 0.2) is 0 Å². The highest BCUT2D eigenvalue weighted by Gasteiger charge is 2.39. The quantitative estimate of drug-likeness (QED) is 0.796. The molecular weight excluding hydrogens is 280 g/mol. The maximum atomic E-state index is 12.7. The van der Waals surface area contributed by atoms with Gasteiger partial charge in [-0.3, -0.25) is 9.97 Å². The fourth-order valence-corrected chi connectivity index (χ4v) is 4.52. The van der Waals surface area contributed by atoms with Crippen LogP contribution in [0.15, 0.2) is 18.6 Å². The maximum absolute atomic E-state index is 12.7. The summed E-state index contributed by atoms with van der Waals surface area (Å²) < 4.78 is 33.7. The van der Waals surface area contributed by atoms with Crippen LogP contribution >= 0.6 is 0 Å². The van der Waals surface area contributed by atoms with E-state index in [2.05, 4.69) is 9.97 Å². The van der Waals surface area contributed by atoms with Crippen LogP contribution < -0.4 is 0 Å². The molecule has 0 spiro atoms. The standard InChI is InChI=1S/C12H18N4O3S/c17-20(18,15-6-8-19-9-7-15)16-5-1-2-12(16)11-10-13-3-4-14-11/h3-4,10,12H,1-2,5-9H2/t12-/m0/s1. The van der Waals surface area contributed by atoms with Gasteiger partial charge in [-0.15, -0.1) is 0 Å². The van der Waals surface area contributed by atoms with Crippen LogP contribution in [0, 0.1) is 0 Å². The minimum absolute atomic E-state index is 0.198. The number of ether oxygens (including phenoxy) is 1. The molecule has 0 aliphatic carbocycles. The lowest BCUT2D eigenvalue weighted by Crippen LogP contribution is -2.48. The predicted molar refractivity (Wildman–Crippen MR) is 72.0 cm³/mol. The minimum atomic E-state index is -3.44. The average molecular weight is 298 g/mol. The third kappa shape index (κ3) is 2.56. The van der Waals surface area contributed by atoms with Gasteiger partial charge in [0.25, 0.3) is 10.2 Å². The van der Waals surface area contributed by atoms with E-state index in [0.29, 0.717) is 32.8 Å². The van der Waals surface area contributed by atoms with Crippen LogP contribution in [-0.2, 0) is 14.9 Å². The third-order valence-electron chi connectivity index (χ3n) is 3.72. The zero-order chi connectivity index (χ0) is 14.0. The molecular formula is C12H18N4O3S. The Balaban J connectivity index is 1.84. The highest BCUT2D eigenvalue weighted by atomic mass is 32.2. The van der Waals surface area contributed by atoms with Gasteiger partial charge in [0.05, 0.1) is 31.1 Å². The van der Waals surface area contributed by atoms with Crippen molar-refractivity contribution < 1.29 is 13.2 Å². The van der Waals surface area contributed by atoms with E-state index in [-0.39, 0.29) is 6.04 Å². The molecule has 0 N–H and O–H groups in total. The number of aromatic nitrogens is 2. The summed E-state index contributed by atoms with van der Waals surface area (Å²) in [7, 11) is -3.44. The zero-order valence-corrected chi connectivity index (χ0v) is 12.0. The molecule has 0 saturated carbocycles. The molecule has 0 bridgehead atoms. The Morgan fingerprint density at radius 3 is 2.70 bits per heavy atom. The van der Waals surface area contributed by atoms with Crippen LogP contribution in [0.1, 0.15) is 24.6 Å². The smallest absolute Gasteiger partial charge is 0.282 e. The van der Waals surface area contributed by atoms with Crippen molar-refractivity contribution >= 4 is 10.2 Å². The van der Waals surface area contributed by atoms with Crippen LogP contribution in [0.2, 0.25) is 0 Å². The highest BCUT2D eigenvalue weighted by molar-refractivity contribution is 7.86. The Kier molecular flexibility index (Phi) is 3.97. The lowest BCUT2D eigenvalue weighted by Gasteiger charge is -2.32. The van der Waals surface area contributed by atoms with Crippen molar-refractivity contribution in [1.82, 2.24) is 18.6 Å². The van der Waals surface area contributed by atoms with E-state index in [1.54, 1.807) is 22.9 Å². The summed E-state index contributed by atoms with van der Waals surface area (Å²) in [6.45, 7) is 2.31. The fourth-order valence-electron chi connectivity index (χ4n) is 2.72. The van der Waals surface area contributed by atoms with Gasteiger partial charge in [-0.2, -0.15) is 17.0 Å². The first-order valence-corrected chi connectivity index (χ1v) is 8.20. The summed E-state index contributed by atoms with van der Waals surface area (Å²) >= 11 is 0. The van der Waals surface area contributed by atoms with Gasteiger partial charge in [-0.05, 0) is 12.8 Å². The second kappa shape index (κ2) is 5.72. The lowest BCUT2D eigenvalue weighted by atomic mass is 10.2. The fraction of sp³-hybridized carbons (Fsp3) is 0.667. The summed E-state index contributed by atoms with van der Waals surface area (Å²) in [4.78, 5) is 8.30. The van der Waals surface area contributed by atoms with Crippen molar-refractivity contribution in [2.24, 2.45) is 0 Å². The van der Waals surface area contributed by atoms with Crippen LogP contribution in [0.4, 0.5) is 0 Å². The number of rotatable bonds is 3. The van der Waals surface area contributed by atoms with Gasteiger partial charge < -0.3 is 4.74 Å². The molecule has 2 aliphatic heterocycles. The molecule has 8 heteroatoms. The van der Waals surface area contributed by atoms with E-state index in [1.165, 1.54) is 4.31 Å². The molecule has 2 fully saturated rings. The number of nitrogens with zero attached hydrogens (tertiary/aromatic N) is 4. The van der Waals surface area contributed by atoms with Gasteiger partial charge in [-0.1, -0.05) is 0 Å². The first-order chi connectivity index (χ1) is 9.69. The summed E-state index contributed by atoms with van der Waals surface area (Å²) in [6, 6.07) is -0.198. The first kappa shape index (κ1) is 13.9. The van der Waals surface area contributed by atoms with Crippen LogP contribution in [-0.4, -0.2) is 59.8 Å². The Morgan fingerprint density at radius 1 is 1.20 bits per heavy atom. The number of hydrogen-bond donors (Lipinski definition) is 0. The van der Waals surface area contributed by atoms with E-state index < -0.39 is 10.2 Å². The molecule has 1 atom stereocenters. The van der Waals surface area contributed by atoms with Crippen molar-refractivity contribution in [2.45, 2.75) is 18.9 Å². The summed E-state index contributed by atoms with van der Waals surface area (Å²) in [5.41, 5.74) is 0.724. The van der Waals surface area contributed by atoms with Gasteiger partial charge in [0, 0.05) is 32.0 Å². The monoisotopic (exact) mass is 298 g/mol. The molecule has 20 heavy (non-hydrogen) atoms. The molecule has 1 aromatic heterocycles. The Hall–Kier alpha value is -1.09. The van der Waals surface area contributed by atoms with E-state index >= 15 is 0 Å². The predicted octanol–water partition coefficient (Wildman–Crippen LogP) is 0.190. The van der Waals surface area contributed by atoms with E-state index in [9.17, 15) is 8.42 Å². The molecule has 0 amide bonds. The van der Waals surface area contributed by atoms with Crippen molar-refractivity contribution in [3.63, 3.8) is 0 Å². The topological polar surface area (TPSA) is 75.6 Å². The van der Waals surface area contributed by atoms with Crippen molar-refractivity contribution in [3.8, 4) is 0 Å². The minimum Gasteiger partial charge on any atom is -0.379 e. The maximum Gasteiger partial charge on any atom is 0.282 e. The molecule has 7 nitrogen and oxygen atoms in total. The molecule has 110 valence electrons. The summed E-state index contributed by atoms with van der Waals surface area (Å²) in [6.07, 6.45) is 6.50. The highest BCUT2D eigenvalue weighted by Crippen LogP contribution is 2.34. The van der Waals surface area contributed by atoms with E-state index in [4.69, 9.17) is 4.74 Å². The number of hydrogen-bond acceptors (Lipinski definition) is 5. The van der Waals surface area contributed by atoms with Gasteiger partial charge in [-0.25, -0.2) is 0 Å². The third-order valence-corrected chi connectivity index (χ3v) is 5.77. The van der Waals surface area contributed by atoms with Crippen molar-refractivity contribution in [1.29, 1.82) is 0 Å².